The molecule has 2 aliphatic carbocycles. The largest absolute Gasteiger partial charge is 0.606 e. The van der Waals surface area contributed by atoms with Gasteiger partial charge in [-0.25, -0.2) is 0 Å². The molecule has 4 atom stereocenters. The molecule has 0 aromatic heterocycles. The van der Waals surface area contributed by atoms with E-state index in [1.807, 2.05) is 0 Å². The molecular weight excluding hydrogens is 544 g/mol. The number of halogens is 4. The van der Waals surface area contributed by atoms with Crippen molar-refractivity contribution in [3.63, 3.8) is 0 Å². The van der Waals surface area contributed by atoms with Gasteiger partial charge < -0.3 is 14.8 Å². The Morgan fingerprint density at radius 3 is 1.60 bits per heavy atom. The molecule has 0 spiro atoms. The molecule has 0 saturated heterocycles. The van der Waals surface area contributed by atoms with Crippen LogP contribution in [0.1, 0.15) is 0 Å². The van der Waals surface area contributed by atoms with Crippen molar-refractivity contribution in [2.75, 3.05) is 0 Å². The second kappa shape index (κ2) is 6.31. The van der Waals surface area contributed by atoms with Crippen molar-refractivity contribution < 1.29 is 14.8 Å². The molecule has 4 unspecified atom stereocenters. The van der Waals surface area contributed by atoms with Gasteiger partial charge in [-0.3, -0.25) is 0 Å². The highest BCUT2D eigenvalue weighted by atomic mass is 79.9. The Morgan fingerprint density at radius 1 is 0.950 bits per heavy atom. The van der Waals surface area contributed by atoms with Gasteiger partial charge >= 0.3 is 0 Å². The van der Waals surface area contributed by atoms with Crippen LogP contribution in [0.2, 0.25) is 0 Å². The topological polar surface area (TPSA) is 63.5 Å². The molecule has 0 bridgehead atoms. The van der Waals surface area contributed by atoms with Gasteiger partial charge in [0.05, 0.1) is 9.65 Å². The van der Waals surface area contributed by atoms with Crippen LogP contribution in [0.15, 0.2) is 46.3 Å². The quantitative estimate of drug-likeness (QED) is 0.407. The lowest BCUT2D eigenvalue weighted by atomic mass is 10.1. The summed E-state index contributed by atoms with van der Waals surface area (Å²) in [7, 11) is 0. The molecule has 0 aromatic rings. The zero-order valence-electron chi connectivity index (χ0n) is 9.84. The number of aliphatic hydroxyl groups is 2. The summed E-state index contributed by atoms with van der Waals surface area (Å²) in [5.74, 6) is 0. The molecule has 3 nitrogen and oxygen atoms in total. The summed E-state index contributed by atoms with van der Waals surface area (Å²) in [5.41, 5.74) is 0. The van der Waals surface area contributed by atoms with Gasteiger partial charge in [0, 0.05) is 11.2 Å². The summed E-state index contributed by atoms with van der Waals surface area (Å²) in [4.78, 5) is 0.429. The molecule has 110 valence electrons. The summed E-state index contributed by atoms with van der Waals surface area (Å²) in [5, 5.41) is 19.9. The molecule has 8 heteroatoms. The summed E-state index contributed by atoms with van der Waals surface area (Å²) in [6.45, 7) is 0. The molecule has 0 fully saturated rings. The Kier molecular flexibility index (Phi) is 5.51. The van der Waals surface area contributed by atoms with Gasteiger partial charge in [0.15, 0.2) is 18.8 Å². The van der Waals surface area contributed by atoms with E-state index in [9.17, 15) is 14.8 Å². The van der Waals surface area contributed by atoms with E-state index < -0.39 is 20.2 Å². The number of rotatable bonds is 2. The smallest absolute Gasteiger partial charge is 0.155 e. The van der Waals surface area contributed by atoms with Crippen LogP contribution in [-0.4, -0.2) is 33.4 Å². The van der Waals surface area contributed by atoms with E-state index in [1.54, 1.807) is 36.5 Å². The normalized spacial score (nSPS) is 42.1. The van der Waals surface area contributed by atoms with Gasteiger partial charge in [-0.05, 0) is 68.3 Å². The Labute approximate surface area is 153 Å². The predicted octanol–water partition coefficient (Wildman–Crippen LogP) is 3.34. The second-order valence-corrected chi connectivity index (χ2v) is 10.3. The summed E-state index contributed by atoms with van der Waals surface area (Å²) in [6.07, 6.45) is 9.71. The highest BCUT2D eigenvalue weighted by Gasteiger charge is 2.37. The summed E-state index contributed by atoms with van der Waals surface area (Å²) in [6, 6.07) is 0. The van der Waals surface area contributed by atoms with Crippen LogP contribution in [-0.2, 0) is 11.2 Å². The minimum atomic E-state index is -1.38. The van der Waals surface area contributed by atoms with Gasteiger partial charge in [0.2, 0.25) is 0 Å². The third-order valence-corrected chi connectivity index (χ3v) is 8.85. The Morgan fingerprint density at radius 2 is 1.30 bits per heavy atom. The van der Waals surface area contributed by atoms with Crippen LogP contribution in [0.5, 0.6) is 0 Å². The van der Waals surface area contributed by atoms with Gasteiger partial charge in [-0.15, -0.1) is 0 Å². The maximum Gasteiger partial charge on any atom is 0.155 e. The lowest BCUT2D eigenvalue weighted by Crippen LogP contribution is -2.32. The molecule has 0 aromatic carbocycles. The van der Waals surface area contributed by atoms with Crippen molar-refractivity contribution >= 4 is 74.9 Å². The zero-order chi connectivity index (χ0) is 15.1. The average molecular weight is 554 g/mol. The molecule has 2 aliphatic rings. The van der Waals surface area contributed by atoms with E-state index in [-0.39, 0.29) is 9.65 Å². The minimum Gasteiger partial charge on any atom is -0.606 e. The average Bonchev–Trinajstić information content (AvgIpc) is 2.35. The highest BCUT2D eigenvalue weighted by molar-refractivity contribution is 9.13. The lowest BCUT2D eigenvalue weighted by molar-refractivity contribution is 0.204. The van der Waals surface area contributed by atoms with Gasteiger partial charge in [-0.1, -0.05) is 31.9 Å². The number of hydrogen-bond acceptors (Lipinski definition) is 3. The Hall–Kier alpha value is 1.11. The third kappa shape index (κ3) is 3.71. The van der Waals surface area contributed by atoms with E-state index in [0.29, 0.717) is 9.81 Å². The fraction of sp³-hybridized carbons (Fsp3) is 0.333. The first-order chi connectivity index (χ1) is 9.13. The van der Waals surface area contributed by atoms with Crippen molar-refractivity contribution in [1.82, 2.24) is 0 Å². The molecule has 2 N–H and O–H groups in total. The molecule has 0 saturated carbocycles. The molecule has 0 aliphatic heterocycles. The minimum absolute atomic E-state index is 0.375. The highest BCUT2D eigenvalue weighted by Crippen LogP contribution is 2.38. The van der Waals surface area contributed by atoms with Crippen molar-refractivity contribution in [1.29, 1.82) is 0 Å². The number of hydrogen-bond donors (Lipinski definition) is 2. The van der Waals surface area contributed by atoms with Crippen LogP contribution in [0.4, 0.5) is 0 Å². The summed E-state index contributed by atoms with van der Waals surface area (Å²) < 4.78 is 10.2. The molecule has 0 radical (unpaired) electrons. The molecule has 0 heterocycles. The third-order valence-electron chi connectivity index (χ3n) is 2.79. The number of allylic oxidation sites excluding steroid dienone is 2. The fourth-order valence-electron chi connectivity index (χ4n) is 1.60. The second-order valence-electron chi connectivity index (χ2n) is 4.33. The summed E-state index contributed by atoms with van der Waals surface area (Å²) >= 11 is 11.6. The van der Waals surface area contributed by atoms with E-state index in [1.165, 1.54) is 0 Å². The first-order valence-corrected chi connectivity index (χ1v) is 10.0. The van der Waals surface area contributed by atoms with Crippen molar-refractivity contribution in [2.24, 2.45) is 0 Å². The molecule has 20 heavy (non-hydrogen) atoms. The predicted molar refractivity (Wildman–Crippen MR) is 95.8 cm³/mol. The Bertz CT molecular complexity index is 479. The van der Waals surface area contributed by atoms with Crippen LogP contribution >= 0.6 is 63.7 Å². The maximum absolute atomic E-state index is 12.5. The van der Waals surface area contributed by atoms with Crippen molar-refractivity contribution in [2.45, 2.75) is 18.7 Å². The first-order valence-electron chi connectivity index (χ1n) is 5.48. The van der Waals surface area contributed by atoms with Crippen molar-refractivity contribution in [3.8, 4) is 0 Å². The van der Waals surface area contributed by atoms with Crippen LogP contribution in [0.25, 0.3) is 0 Å². The standard InChI is InChI=1S/C12H10Br4O3S/c13-9-5-7(1-3-11(9,15)17)20(19)8-2-4-12(16,18)10(14)6-8/h1-6,9-10,17-18H. The van der Waals surface area contributed by atoms with Crippen LogP contribution in [0, 0.1) is 0 Å². The maximum atomic E-state index is 12.5. The Balaban J connectivity index is 2.21. The van der Waals surface area contributed by atoms with E-state index >= 15 is 0 Å². The first kappa shape index (κ1) is 17.5. The number of alkyl halides is 4. The van der Waals surface area contributed by atoms with Gasteiger partial charge in [0.1, 0.15) is 0 Å². The fourth-order valence-corrected chi connectivity index (χ4v) is 4.53. The monoisotopic (exact) mass is 550 g/mol. The van der Waals surface area contributed by atoms with E-state index in [4.69, 9.17) is 0 Å². The lowest BCUT2D eigenvalue weighted by Gasteiger charge is -2.28. The van der Waals surface area contributed by atoms with Crippen LogP contribution in [0.3, 0.4) is 0 Å². The zero-order valence-corrected chi connectivity index (χ0v) is 17.0. The van der Waals surface area contributed by atoms with Crippen LogP contribution < -0.4 is 0 Å². The van der Waals surface area contributed by atoms with E-state index in [2.05, 4.69) is 63.7 Å². The van der Waals surface area contributed by atoms with Crippen molar-refractivity contribution in [3.05, 3.63) is 46.3 Å². The molecular formula is C12H10Br4O3S. The SMILES string of the molecule is [O-][S+](C1=CC(Br)C(O)(Br)C=C1)C1=CC(Br)C(O)(Br)C=C1. The molecule has 0 amide bonds. The van der Waals surface area contributed by atoms with E-state index in [0.717, 1.165) is 0 Å². The molecule has 2 rings (SSSR count). The van der Waals surface area contributed by atoms with Gasteiger partial charge in [0.25, 0.3) is 0 Å². The van der Waals surface area contributed by atoms with Gasteiger partial charge in [-0.2, -0.15) is 0 Å².